The lowest BCUT2D eigenvalue weighted by molar-refractivity contribution is -0.131. The quantitative estimate of drug-likeness (QED) is 0.659. The van der Waals surface area contributed by atoms with Crippen molar-refractivity contribution in [2.45, 2.75) is 6.92 Å². The highest BCUT2D eigenvalue weighted by Crippen LogP contribution is 2.22. The topological polar surface area (TPSA) is 61.9 Å². The van der Waals surface area contributed by atoms with Crippen LogP contribution < -0.4 is 15.0 Å². The first kappa shape index (κ1) is 18.1. The Bertz CT molecular complexity index is 804. The van der Waals surface area contributed by atoms with Gasteiger partial charge < -0.3 is 19.9 Å². The minimum atomic E-state index is -0.398. The van der Waals surface area contributed by atoms with Gasteiger partial charge in [0.1, 0.15) is 5.75 Å². The van der Waals surface area contributed by atoms with Gasteiger partial charge in [-0.1, -0.05) is 23.7 Å². The number of piperazine rings is 1. The molecule has 6 nitrogen and oxygen atoms in total. The molecule has 1 saturated heterocycles. The van der Waals surface area contributed by atoms with Gasteiger partial charge in [0.25, 0.3) is 0 Å². The van der Waals surface area contributed by atoms with E-state index in [0.717, 1.165) is 18.8 Å². The lowest BCUT2D eigenvalue weighted by Crippen LogP contribution is -2.50. The van der Waals surface area contributed by atoms with Crippen LogP contribution in [-0.2, 0) is 4.79 Å². The molecule has 0 bridgehead atoms. The number of urea groups is 1. The standard InChI is InChI=1S/C19H20ClN3O3/c1-14(24)26-18-7-3-5-16(13-18)21-19(25)23-10-8-22(9-11-23)17-6-2-4-15(20)12-17/h2-7,12-13H,8-11H2,1H3,(H,21,25). The van der Waals surface area contributed by atoms with Gasteiger partial charge in [0, 0.05) is 55.6 Å². The smallest absolute Gasteiger partial charge is 0.321 e. The predicted molar refractivity (Wildman–Crippen MR) is 102 cm³/mol. The number of halogens is 1. The van der Waals surface area contributed by atoms with Gasteiger partial charge in [-0.15, -0.1) is 0 Å². The number of hydrogen-bond acceptors (Lipinski definition) is 4. The van der Waals surface area contributed by atoms with Crippen LogP contribution in [0.5, 0.6) is 5.75 Å². The number of benzene rings is 2. The van der Waals surface area contributed by atoms with Crippen molar-refractivity contribution in [2.75, 3.05) is 36.4 Å². The summed E-state index contributed by atoms with van der Waals surface area (Å²) in [6.45, 7) is 4.04. The second-order valence-corrected chi connectivity index (χ2v) is 6.44. The Balaban J connectivity index is 1.56. The number of rotatable bonds is 3. The summed E-state index contributed by atoms with van der Waals surface area (Å²) in [6.07, 6.45) is 0. The Morgan fingerprint density at radius 2 is 1.77 bits per heavy atom. The lowest BCUT2D eigenvalue weighted by atomic mass is 10.2. The summed E-state index contributed by atoms with van der Waals surface area (Å²) in [4.78, 5) is 27.5. The molecule has 136 valence electrons. The number of esters is 1. The van der Waals surface area contributed by atoms with Crippen LogP contribution in [0.1, 0.15) is 6.92 Å². The van der Waals surface area contributed by atoms with E-state index >= 15 is 0 Å². The highest BCUT2D eigenvalue weighted by Gasteiger charge is 2.21. The molecule has 1 heterocycles. The van der Waals surface area contributed by atoms with Crippen LogP contribution in [0.2, 0.25) is 5.02 Å². The van der Waals surface area contributed by atoms with E-state index in [1.807, 2.05) is 24.3 Å². The van der Waals surface area contributed by atoms with Gasteiger partial charge >= 0.3 is 12.0 Å². The van der Waals surface area contributed by atoms with Crippen molar-refractivity contribution < 1.29 is 14.3 Å². The number of ether oxygens (including phenoxy) is 1. The van der Waals surface area contributed by atoms with Crippen LogP contribution in [0.15, 0.2) is 48.5 Å². The zero-order valence-electron chi connectivity index (χ0n) is 14.4. The molecule has 0 aliphatic carbocycles. The Kier molecular flexibility index (Phi) is 5.63. The fraction of sp³-hybridized carbons (Fsp3) is 0.263. The number of nitrogens with one attached hydrogen (secondary N) is 1. The van der Waals surface area contributed by atoms with Crippen LogP contribution in [0.3, 0.4) is 0 Å². The SMILES string of the molecule is CC(=O)Oc1cccc(NC(=O)N2CCN(c3cccc(Cl)c3)CC2)c1. The predicted octanol–water partition coefficient (Wildman–Crippen LogP) is 3.62. The van der Waals surface area contributed by atoms with Crippen LogP contribution in [0.4, 0.5) is 16.2 Å². The van der Waals surface area contributed by atoms with Crippen molar-refractivity contribution in [3.63, 3.8) is 0 Å². The molecule has 3 rings (SSSR count). The summed E-state index contributed by atoms with van der Waals surface area (Å²) in [6, 6.07) is 14.3. The van der Waals surface area contributed by atoms with Crippen molar-refractivity contribution in [3.8, 4) is 5.75 Å². The molecule has 1 aliphatic rings. The molecule has 1 aliphatic heterocycles. The van der Waals surface area contributed by atoms with Crippen LogP contribution >= 0.6 is 11.6 Å². The Labute approximate surface area is 157 Å². The Hall–Kier alpha value is -2.73. The van der Waals surface area contributed by atoms with Crippen molar-refractivity contribution in [1.29, 1.82) is 0 Å². The van der Waals surface area contributed by atoms with E-state index in [0.29, 0.717) is 29.5 Å². The third-order valence-corrected chi connectivity index (χ3v) is 4.32. The van der Waals surface area contributed by atoms with Gasteiger partial charge in [-0.25, -0.2) is 4.79 Å². The van der Waals surface area contributed by atoms with Crippen molar-refractivity contribution >= 4 is 35.0 Å². The number of hydrogen-bond donors (Lipinski definition) is 1. The fourth-order valence-corrected chi connectivity index (χ4v) is 3.03. The molecule has 2 aromatic rings. The molecule has 0 radical (unpaired) electrons. The lowest BCUT2D eigenvalue weighted by Gasteiger charge is -2.36. The first-order valence-corrected chi connectivity index (χ1v) is 8.74. The van der Waals surface area contributed by atoms with Crippen LogP contribution in [0, 0.1) is 0 Å². The molecule has 0 spiro atoms. The monoisotopic (exact) mass is 373 g/mol. The molecular weight excluding hydrogens is 354 g/mol. The van der Waals surface area contributed by atoms with E-state index in [1.165, 1.54) is 6.92 Å². The first-order chi connectivity index (χ1) is 12.5. The maximum absolute atomic E-state index is 12.5. The zero-order chi connectivity index (χ0) is 18.5. The maximum atomic E-state index is 12.5. The average Bonchev–Trinajstić information content (AvgIpc) is 2.61. The second-order valence-electron chi connectivity index (χ2n) is 6.01. The molecule has 7 heteroatoms. The summed E-state index contributed by atoms with van der Waals surface area (Å²) in [7, 11) is 0. The summed E-state index contributed by atoms with van der Waals surface area (Å²) < 4.78 is 5.03. The van der Waals surface area contributed by atoms with Crippen LogP contribution in [-0.4, -0.2) is 43.1 Å². The van der Waals surface area contributed by atoms with Gasteiger partial charge in [-0.3, -0.25) is 4.79 Å². The van der Waals surface area contributed by atoms with Gasteiger partial charge in [0.05, 0.1) is 0 Å². The molecule has 0 unspecified atom stereocenters. The third kappa shape index (κ3) is 4.67. The van der Waals surface area contributed by atoms with Crippen molar-refractivity contribution in [1.82, 2.24) is 4.90 Å². The molecule has 2 aromatic carbocycles. The number of amides is 2. The molecule has 0 saturated carbocycles. The van der Waals surface area contributed by atoms with E-state index in [1.54, 1.807) is 29.2 Å². The largest absolute Gasteiger partial charge is 0.427 e. The molecule has 1 fully saturated rings. The maximum Gasteiger partial charge on any atom is 0.321 e. The van der Waals surface area contributed by atoms with E-state index in [4.69, 9.17) is 16.3 Å². The van der Waals surface area contributed by atoms with Gasteiger partial charge in [-0.2, -0.15) is 0 Å². The molecule has 26 heavy (non-hydrogen) atoms. The highest BCUT2D eigenvalue weighted by molar-refractivity contribution is 6.30. The van der Waals surface area contributed by atoms with Crippen molar-refractivity contribution in [3.05, 3.63) is 53.6 Å². The minimum absolute atomic E-state index is 0.171. The highest BCUT2D eigenvalue weighted by atomic mass is 35.5. The second kappa shape index (κ2) is 8.10. The van der Waals surface area contributed by atoms with Crippen LogP contribution in [0.25, 0.3) is 0 Å². The van der Waals surface area contributed by atoms with E-state index in [-0.39, 0.29) is 6.03 Å². The fourth-order valence-electron chi connectivity index (χ4n) is 2.85. The van der Waals surface area contributed by atoms with E-state index < -0.39 is 5.97 Å². The molecule has 1 N–H and O–H groups in total. The third-order valence-electron chi connectivity index (χ3n) is 4.09. The summed E-state index contributed by atoms with van der Waals surface area (Å²) >= 11 is 6.05. The van der Waals surface area contributed by atoms with E-state index in [9.17, 15) is 9.59 Å². The molecular formula is C19H20ClN3O3. The Morgan fingerprint density at radius 3 is 2.46 bits per heavy atom. The number of carbonyl (C=O) groups is 2. The molecule has 0 aromatic heterocycles. The number of nitrogens with zero attached hydrogens (tertiary/aromatic N) is 2. The first-order valence-electron chi connectivity index (χ1n) is 8.36. The average molecular weight is 374 g/mol. The van der Waals surface area contributed by atoms with Crippen molar-refractivity contribution in [2.24, 2.45) is 0 Å². The molecule has 2 amide bonds. The summed E-state index contributed by atoms with van der Waals surface area (Å²) in [5.74, 6) is 0.00619. The summed E-state index contributed by atoms with van der Waals surface area (Å²) in [5, 5.41) is 3.55. The van der Waals surface area contributed by atoms with Gasteiger partial charge in [-0.05, 0) is 30.3 Å². The summed E-state index contributed by atoms with van der Waals surface area (Å²) in [5.41, 5.74) is 1.65. The minimum Gasteiger partial charge on any atom is -0.427 e. The van der Waals surface area contributed by atoms with E-state index in [2.05, 4.69) is 10.2 Å². The zero-order valence-corrected chi connectivity index (χ0v) is 15.2. The normalized spacial score (nSPS) is 14.1. The number of anilines is 2. The van der Waals surface area contributed by atoms with Gasteiger partial charge in [0.2, 0.25) is 0 Å². The Morgan fingerprint density at radius 1 is 1.04 bits per heavy atom. The van der Waals surface area contributed by atoms with Gasteiger partial charge in [0.15, 0.2) is 0 Å². The molecule has 0 atom stereocenters. The number of carbonyl (C=O) groups excluding carboxylic acids is 2.